The van der Waals surface area contributed by atoms with E-state index in [1.165, 1.54) is 36.4 Å². The van der Waals surface area contributed by atoms with E-state index in [-0.39, 0.29) is 16.3 Å². The summed E-state index contributed by atoms with van der Waals surface area (Å²) in [6, 6.07) is 15.2. The monoisotopic (exact) mass is 462 g/mol. The Bertz CT molecular complexity index is 1460. The molecule has 5 nitrogen and oxygen atoms in total. The number of halogens is 2. The van der Waals surface area contributed by atoms with Gasteiger partial charge in [0.25, 0.3) is 5.78 Å². The van der Waals surface area contributed by atoms with Crippen molar-refractivity contribution in [3.8, 4) is 0 Å². The first-order chi connectivity index (χ1) is 15.8. The number of carbonyl (C=O) groups is 2. The molecule has 1 aliphatic heterocycles. The number of aliphatic hydroxyl groups excluding tert-OH is 1. The number of ketones is 1. The third-order valence-electron chi connectivity index (χ3n) is 5.51. The molecule has 0 spiro atoms. The molecule has 0 unspecified atom stereocenters. The summed E-state index contributed by atoms with van der Waals surface area (Å²) >= 11 is 1.01. The van der Waals surface area contributed by atoms with Crippen molar-refractivity contribution in [1.82, 2.24) is 4.98 Å². The SMILES string of the molecule is Cc1ccc(/C(O)=C2\C(=O)C(=O)N(c3nc4ccc(F)cc4s3)[C@@H]2c2ccccc2F)cc1. The van der Waals surface area contributed by atoms with Crippen LogP contribution >= 0.6 is 11.3 Å². The molecule has 2 heterocycles. The number of anilines is 1. The maximum atomic E-state index is 14.9. The van der Waals surface area contributed by atoms with E-state index in [9.17, 15) is 23.5 Å². The summed E-state index contributed by atoms with van der Waals surface area (Å²) in [6.45, 7) is 1.87. The smallest absolute Gasteiger partial charge is 0.301 e. The summed E-state index contributed by atoms with van der Waals surface area (Å²) in [5.74, 6) is -3.42. The van der Waals surface area contributed by atoms with Crippen molar-refractivity contribution < 1.29 is 23.5 Å². The number of amides is 1. The first kappa shape index (κ1) is 21.0. The molecule has 164 valence electrons. The summed E-state index contributed by atoms with van der Waals surface area (Å²) in [7, 11) is 0. The van der Waals surface area contributed by atoms with Gasteiger partial charge in [0.1, 0.15) is 23.4 Å². The van der Waals surface area contributed by atoms with Crippen molar-refractivity contribution >= 4 is 44.1 Å². The lowest BCUT2D eigenvalue weighted by Crippen LogP contribution is -2.29. The lowest BCUT2D eigenvalue weighted by atomic mass is 9.95. The molecule has 0 saturated carbocycles. The Balaban J connectivity index is 1.75. The van der Waals surface area contributed by atoms with Crippen molar-refractivity contribution in [3.05, 3.63) is 101 Å². The molecule has 8 heteroatoms. The van der Waals surface area contributed by atoms with Gasteiger partial charge >= 0.3 is 5.91 Å². The van der Waals surface area contributed by atoms with Crippen LogP contribution < -0.4 is 4.90 Å². The van der Waals surface area contributed by atoms with Crippen LogP contribution in [0.4, 0.5) is 13.9 Å². The van der Waals surface area contributed by atoms with E-state index >= 15 is 0 Å². The van der Waals surface area contributed by atoms with Gasteiger partial charge in [-0.3, -0.25) is 14.5 Å². The van der Waals surface area contributed by atoms with Crippen molar-refractivity contribution in [2.24, 2.45) is 0 Å². The molecule has 1 atom stereocenters. The average Bonchev–Trinajstić information content (AvgIpc) is 3.32. The first-order valence-corrected chi connectivity index (χ1v) is 10.9. The average molecular weight is 462 g/mol. The van der Waals surface area contributed by atoms with Crippen LogP contribution in [-0.4, -0.2) is 21.8 Å². The van der Waals surface area contributed by atoms with Crippen molar-refractivity contribution in [3.63, 3.8) is 0 Å². The number of carbonyl (C=O) groups excluding carboxylic acids is 2. The van der Waals surface area contributed by atoms with Crippen LogP contribution in [0, 0.1) is 18.6 Å². The van der Waals surface area contributed by atoms with Gasteiger partial charge < -0.3 is 5.11 Å². The Morgan fingerprint density at radius 2 is 1.76 bits per heavy atom. The molecular weight excluding hydrogens is 446 g/mol. The highest BCUT2D eigenvalue weighted by Crippen LogP contribution is 2.44. The van der Waals surface area contributed by atoms with Crippen LogP contribution in [-0.2, 0) is 9.59 Å². The molecule has 33 heavy (non-hydrogen) atoms. The molecule has 1 aromatic heterocycles. The minimum Gasteiger partial charge on any atom is -0.507 e. The third kappa shape index (κ3) is 3.48. The predicted octanol–water partition coefficient (Wildman–Crippen LogP) is 5.51. The van der Waals surface area contributed by atoms with Gasteiger partial charge in [0.15, 0.2) is 5.13 Å². The van der Waals surface area contributed by atoms with E-state index < -0.39 is 35.1 Å². The van der Waals surface area contributed by atoms with E-state index in [0.717, 1.165) is 21.8 Å². The zero-order valence-electron chi connectivity index (χ0n) is 17.3. The van der Waals surface area contributed by atoms with Crippen LogP contribution in [0.2, 0.25) is 0 Å². The zero-order chi connectivity index (χ0) is 23.3. The summed E-state index contributed by atoms with van der Waals surface area (Å²) in [5, 5.41) is 11.2. The molecule has 1 fully saturated rings. The van der Waals surface area contributed by atoms with Gasteiger partial charge in [0.05, 0.1) is 15.8 Å². The maximum Gasteiger partial charge on any atom is 0.301 e. The van der Waals surface area contributed by atoms with Crippen LogP contribution in [0.1, 0.15) is 22.7 Å². The second-order valence-corrected chi connectivity index (χ2v) is 8.67. The molecule has 1 aliphatic rings. The topological polar surface area (TPSA) is 70.5 Å². The highest BCUT2D eigenvalue weighted by atomic mass is 32.1. The standard InChI is InChI=1S/C25H16F2N2O3S/c1-13-6-8-14(9-7-13)22(30)20-21(16-4-2-3-5-17(16)27)29(24(32)23(20)31)25-28-18-11-10-15(26)12-19(18)33-25/h2-12,21,30H,1H3/b22-20+/t21-/m1/s1. The fraction of sp³-hybridized carbons (Fsp3) is 0.0800. The quantitative estimate of drug-likeness (QED) is 0.248. The third-order valence-corrected chi connectivity index (χ3v) is 6.53. The number of aliphatic hydroxyl groups is 1. The number of Topliss-reactive ketones (excluding diaryl/α,β-unsaturated/α-hetero) is 1. The normalized spacial score (nSPS) is 17.8. The molecular formula is C25H16F2N2O3S. The fourth-order valence-electron chi connectivity index (χ4n) is 3.88. The van der Waals surface area contributed by atoms with Crippen molar-refractivity contribution in [2.75, 3.05) is 4.90 Å². The van der Waals surface area contributed by atoms with Gasteiger partial charge in [0.2, 0.25) is 0 Å². The number of fused-ring (bicyclic) bond motifs is 1. The lowest BCUT2D eigenvalue weighted by molar-refractivity contribution is -0.132. The number of aromatic nitrogens is 1. The van der Waals surface area contributed by atoms with Crippen LogP contribution in [0.5, 0.6) is 0 Å². The number of benzene rings is 3. The molecule has 4 aromatic rings. The van der Waals surface area contributed by atoms with E-state index in [1.807, 2.05) is 6.92 Å². The zero-order valence-corrected chi connectivity index (χ0v) is 18.1. The highest BCUT2D eigenvalue weighted by molar-refractivity contribution is 7.22. The number of aryl methyl sites for hydroxylation is 1. The Hall–Kier alpha value is -3.91. The number of hydrogen-bond donors (Lipinski definition) is 1. The Morgan fingerprint density at radius 1 is 1.03 bits per heavy atom. The molecule has 1 amide bonds. The van der Waals surface area contributed by atoms with Crippen LogP contribution in [0.3, 0.4) is 0 Å². The summed E-state index contributed by atoms with van der Waals surface area (Å²) in [4.78, 5) is 31.7. The molecule has 3 aromatic carbocycles. The van der Waals surface area contributed by atoms with Crippen LogP contribution in [0.25, 0.3) is 16.0 Å². The largest absolute Gasteiger partial charge is 0.507 e. The van der Waals surface area contributed by atoms with Gasteiger partial charge in [0, 0.05) is 11.1 Å². The van der Waals surface area contributed by atoms with Crippen LogP contribution in [0.15, 0.2) is 72.3 Å². The second-order valence-electron chi connectivity index (χ2n) is 7.67. The molecule has 5 rings (SSSR count). The molecule has 1 N–H and O–H groups in total. The maximum absolute atomic E-state index is 14.9. The molecule has 0 radical (unpaired) electrons. The lowest BCUT2D eigenvalue weighted by Gasteiger charge is -2.23. The van der Waals surface area contributed by atoms with E-state index in [1.54, 1.807) is 30.3 Å². The van der Waals surface area contributed by atoms with Gasteiger partial charge in [-0.05, 0) is 31.2 Å². The number of hydrogen-bond acceptors (Lipinski definition) is 5. The Labute approximate surface area is 191 Å². The Morgan fingerprint density at radius 3 is 2.48 bits per heavy atom. The number of nitrogens with zero attached hydrogens (tertiary/aromatic N) is 2. The molecule has 1 saturated heterocycles. The highest BCUT2D eigenvalue weighted by Gasteiger charge is 2.49. The van der Waals surface area contributed by atoms with Gasteiger partial charge in [-0.25, -0.2) is 13.8 Å². The van der Waals surface area contributed by atoms with Gasteiger partial charge in [-0.15, -0.1) is 0 Å². The second kappa shape index (κ2) is 7.90. The van der Waals surface area contributed by atoms with E-state index in [0.29, 0.717) is 15.8 Å². The van der Waals surface area contributed by atoms with E-state index in [4.69, 9.17) is 0 Å². The summed E-state index contributed by atoms with van der Waals surface area (Å²) in [5.41, 5.74) is 1.50. The van der Waals surface area contributed by atoms with Gasteiger partial charge in [-0.2, -0.15) is 0 Å². The molecule has 0 bridgehead atoms. The minimum atomic E-state index is -1.24. The minimum absolute atomic E-state index is 0.0378. The van der Waals surface area contributed by atoms with Crippen molar-refractivity contribution in [1.29, 1.82) is 0 Å². The van der Waals surface area contributed by atoms with E-state index in [2.05, 4.69) is 4.98 Å². The Kier molecular flexibility index (Phi) is 5.02. The van der Waals surface area contributed by atoms with Crippen molar-refractivity contribution in [2.45, 2.75) is 13.0 Å². The predicted molar refractivity (Wildman–Crippen MR) is 122 cm³/mol. The molecule has 0 aliphatic carbocycles. The number of rotatable bonds is 3. The fourth-order valence-corrected chi connectivity index (χ4v) is 4.89. The summed E-state index contributed by atoms with van der Waals surface area (Å²) < 4.78 is 29.1. The summed E-state index contributed by atoms with van der Waals surface area (Å²) in [6.07, 6.45) is 0. The van der Waals surface area contributed by atoms with Gasteiger partial charge in [-0.1, -0.05) is 59.4 Å². The first-order valence-electron chi connectivity index (χ1n) is 10.0. The number of thiazole rings is 1.